The van der Waals surface area contributed by atoms with E-state index >= 15 is 0 Å². The zero-order valence-corrected chi connectivity index (χ0v) is 25.2. The van der Waals surface area contributed by atoms with E-state index < -0.39 is 12.7 Å². The van der Waals surface area contributed by atoms with Crippen LogP contribution in [0.1, 0.15) is 18.5 Å². The highest BCUT2D eigenvalue weighted by Gasteiger charge is 2.30. The maximum absolute atomic E-state index is 13.6. The number of hydrogen-bond acceptors (Lipinski definition) is 7. The summed E-state index contributed by atoms with van der Waals surface area (Å²) in [5.74, 6) is 6.73. The van der Waals surface area contributed by atoms with Crippen LogP contribution in [-0.4, -0.2) is 97.9 Å². The monoisotopic (exact) mass is 600 g/mol. The zero-order chi connectivity index (χ0) is 29.7. The normalized spacial score (nSPS) is 17.7. The Morgan fingerprint density at radius 2 is 1.69 bits per heavy atom. The third kappa shape index (κ3) is 7.86. The average molecular weight is 601 g/mol. The van der Waals surface area contributed by atoms with E-state index in [0.717, 1.165) is 73.8 Å². The predicted molar refractivity (Wildman–Crippen MR) is 165 cm³/mol. The van der Waals surface area contributed by atoms with Gasteiger partial charge in [0.05, 0.1) is 30.6 Å². The van der Waals surface area contributed by atoms with E-state index in [4.69, 9.17) is 4.74 Å². The van der Waals surface area contributed by atoms with Gasteiger partial charge in [0, 0.05) is 48.2 Å². The molecule has 11 heteroatoms. The lowest BCUT2D eigenvalue weighted by Crippen LogP contribution is -2.40. The van der Waals surface area contributed by atoms with Crippen molar-refractivity contribution in [3.63, 3.8) is 0 Å². The number of fused-ring (bicyclic) bond motifs is 1. The number of hydrogen-bond donors (Lipinski definition) is 2. The molecule has 2 aliphatic rings. The minimum absolute atomic E-state index is 0.259. The van der Waals surface area contributed by atoms with Crippen molar-refractivity contribution in [2.24, 2.45) is 0 Å². The molecule has 0 saturated carbocycles. The van der Waals surface area contributed by atoms with E-state index in [0.29, 0.717) is 17.0 Å². The first-order chi connectivity index (χ1) is 20.2. The highest BCUT2D eigenvalue weighted by molar-refractivity contribution is 7.97. The summed E-state index contributed by atoms with van der Waals surface area (Å²) in [6, 6.07) is 13.5. The minimum Gasteiger partial charge on any atom is -0.495 e. The number of likely N-dealkylation sites (tertiary alicyclic amines) is 1. The van der Waals surface area contributed by atoms with Gasteiger partial charge in [0.2, 0.25) is 0 Å². The number of rotatable bonds is 8. The lowest BCUT2D eigenvalue weighted by atomic mass is 10.0. The number of likely N-dealkylation sites (N-methyl/N-ethyl adjacent to an activating group) is 1. The number of nitrogens with one attached hydrogen (secondary N) is 2. The Kier molecular flexibility index (Phi) is 9.78. The van der Waals surface area contributed by atoms with Crippen molar-refractivity contribution in [1.82, 2.24) is 18.7 Å². The SMILES string of the molecule is COc1cc(SN2CCN(C)CC2)ccc1NCC#Cc1cc2c(NC3CCN(C)CC3)cccc2n1CC(F)(F)F. The van der Waals surface area contributed by atoms with Crippen molar-refractivity contribution in [3.05, 3.63) is 48.2 Å². The van der Waals surface area contributed by atoms with E-state index in [2.05, 4.69) is 50.7 Å². The number of piperazine rings is 1. The number of piperidine rings is 1. The second kappa shape index (κ2) is 13.5. The van der Waals surface area contributed by atoms with Crippen LogP contribution in [0.25, 0.3) is 10.9 Å². The molecule has 0 spiro atoms. The molecule has 3 aromatic rings. The molecular formula is C31H39F3N6OS. The van der Waals surface area contributed by atoms with Gasteiger partial charge in [-0.15, -0.1) is 0 Å². The summed E-state index contributed by atoms with van der Waals surface area (Å²) in [5.41, 5.74) is 2.50. The van der Waals surface area contributed by atoms with Crippen LogP contribution in [0.3, 0.4) is 0 Å². The molecule has 42 heavy (non-hydrogen) atoms. The van der Waals surface area contributed by atoms with Crippen molar-refractivity contribution in [1.29, 1.82) is 0 Å². The fraction of sp³-hybridized carbons (Fsp3) is 0.484. The van der Waals surface area contributed by atoms with Crippen molar-refractivity contribution in [2.45, 2.75) is 36.5 Å². The number of methoxy groups -OCH3 is 1. The Labute approximate surface area is 250 Å². The van der Waals surface area contributed by atoms with Crippen LogP contribution in [0.5, 0.6) is 5.75 Å². The van der Waals surface area contributed by atoms with Gasteiger partial charge in [-0.05, 0) is 94.3 Å². The van der Waals surface area contributed by atoms with Gasteiger partial charge in [-0.25, -0.2) is 4.31 Å². The van der Waals surface area contributed by atoms with Crippen LogP contribution in [0.2, 0.25) is 0 Å². The van der Waals surface area contributed by atoms with Gasteiger partial charge in [0.15, 0.2) is 0 Å². The maximum Gasteiger partial charge on any atom is 0.406 e. The molecule has 2 aliphatic heterocycles. The first-order valence-corrected chi connectivity index (χ1v) is 15.1. The second-order valence-corrected chi connectivity index (χ2v) is 12.2. The van der Waals surface area contributed by atoms with Gasteiger partial charge < -0.3 is 29.7 Å². The van der Waals surface area contributed by atoms with E-state index in [1.54, 1.807) is 31.2 Å². The minimum atomic E-state index is -4.37. The summed E-state index contributed by atoms with van der Waals surface area (Å²) in [7, 11) is 5.87. The van der Waals surface area contributed by atoms with Gasteiger partial charge in [0.1, 0.15) is 12.3 Å². The molecule has 1 aromatic heterocycles. The summed E-state index contributed by atoms with van der Waals surface area (Å²) in [4.78, 5) is 5.70. The Hall–Kier alpha value is -3.04. The fourth-order valence-corrected chi connectivity index (χ4v) is 6.35. The highest BCUT2D eigenvalue weighted by Crippen LogP contribution is 2.33. The quantitative estimate of drug-likeness (QED) is 0.264. The fourth-order valence-electron chi connectivity index (χ4n) is 5.41. The van der Waals surface area contributed by atoms with Crippen LogP contribution in [0, 0.1) is 11.8 Å². The molecular weight excluding hydrogens is 561 g/mol. The first kappa shape index (κ1) is 30.4. The van der Waals surface area contributed by atoms with Crippen LogP contribution >= 0.6 is 11.9 Å². The number of aromatic nitrogens is 1. The van der Waals surface area contributed by atoms with Crippen LogP contribution in [0.15, 0.2) is 47.4 Å². The summed E-state index contributed by atoms with van der Waals surface area (Å²) in [5, 5.41) is 7.60. The molecule has 0 atom stereocenters. The van der Waals surface area contributed by atoms with E-state index in [-0.39, 0.29) is 12.6 Å². The number of benzene rings is 2. The summed E-state index contributed by atoms with van der Waals surface area (Å²) >= 11 is 1.72. The number of ether oxygens (including phenoxy) is 1. The van der Waals surface area contributed by atoms with Gasteiger partial charge in [0.25, 0.3) is 0 Å². The lowest BCUT2D eigenvalue weighted by Gasteiger charge is -2.31. The van der Waals surface area contributed by atoms with Crippen molar-refractivity contribution in [2.75, 3.05) is 77.7 Å². The Morgan fingerprint density at radius 1 is 0.952 bits per heavy atom. The molecule has 0 radical (unpaired) electrons. The first-order valence-electron chi connectivity index (χ1n) is 14.3. The summed E-state index contributed by atoms with van der Waals surface area (Å²) < 4.78 is 50.0. The molecule has 5 rings (SSSR count). The summed E-state index contributed by atoms with van der Waals surface area (Å²) in [6.45, 7) is 5.24. The van der Waals surface area contributed by atoms with Gasteiger partial charge in [-0.1, -0.05) is 12.0 Å². The maximum atomic E-state index is 13.6. The van der Waals surface area contributed by atoms with Crippen LogP contribution in [-0.2, 0) is 6.54 Å². The van der Waals surface area contributed by atoms with Crippen LogP contribution < -0.4 is 15.4 Å². The van der Waals surface area contributed by atoms with E-state index in [1.165, 1.54) is 4.57 Å². The smallest absolute Gasteiger partial charge is 0.406 e. The number of halogens is 3. The molecule has 2 N–H and O–H groups in total. The molecule has 0 aliphatic carbocycles. The second-order valence-electron chi connectivity index (χ2n) is 11.0. The van der Waals surface area contributed by atoms with Crippen molar-refractivity contribution >= 4 is 34.2 Å². The van der Waals surface area contributed by atoms with Gasteiger partial charge >= 0.3 is 6.18 Å². The van der Waals surface area contributed by atoms with E-state index in [1.807, 2.05) is 30.3 Å². The van der Waals surface area contributed by atoms with E-state index in [9.17, 15) is 13.2 Å². The molecule has 2 fully saturated rings. The third-order valence-corrected chi connectivity index (χ3v) is 8.90. The molecule has 2 saturated heterocycles. The molecule has 0 unspecified atom stereocenters. The molecule has 0 bridgehead atoms. The predicted octanol–water partition coefficient (Wildman–Crippen LogP) is 5.44. The Bertz CT molecular complexity index is 1420. The molecule has 0 amide bonds. The Balaban J connectivity index is 1.30. The largest absolute Gasteiger partial charge is 0.495 e. The van der Waals surface area contributed by atoms with Crippen molar-refractivity contribution < 1.29 is 17.9 Å². The number of alkyl halides is 3. The molecule has 226 valence electrons. The van der Waals surface area contributed by atoms with Gasteiger partial charge in [-0.3, -0.25) is 0 Å². The lowest BCUT2D eigenvalue weighted by molar-refractivity contribution is -0.140. The number of nitrogens with zero attached hydrogens (tertiary/aromatic N) is 4. The highest BCUT2D eigenvalue weighted by atomic mass is 32.2. The van der Waals surface area contributed by atoms with Crippen LogP contribution in [0.4, 0.5) is 24.5 Å². The average Bonchev–Trinajstić information content (AvgIpc) is 3.30. The standard InChI is InChI=1S/C31H39F3N6OS/c1-37-14-11-23(12-15-37)36-27-7-4-8-29-26(27)20-24(40(29)22-31(32,33)34)6-5-13-35-28-10-9-25(21-30(28)41-3)42-39-18-16-38(2)17-19-39/h4,7-10,20-21,23,35-36H,11-19,22H2,1-3H3. The molecule has 7 nitrogen and oxygen atoms in total. The van der Waals surface area contributed by atoms with Gasteiger partial charge in [-0.2, -0.15) is 13.2 Å². The number of anilines is 2. The zero-order valence-electron chi connectivity index (χ0n) is 24.4. The molecule has 3 heterocycles. The summed E-state index contributed by atoms with van der Waals surface area (Å²) in [6.07, 6.45) is -2.38. The topological polar surface area (TPSA) is 47.9 Å². The molecule has 2 aromatic carbocycles. The third-order valence-electron chi connectivity index (χ3n) is 7.81. The Morgan fingerprint density at radius 3 is 2.40 bits per heavy atom. The van der Waals surface area contributed by atoms with Crippen molar-refractivity contribution in [3.8, 4) is 17.6 Å².